The van der Waals surface area contributed by atoms with Gasteiger partial charge in [-0.25, -0.2) is 4.98 Å². The Kier molecular flexibility index (Phi) is 4.15. The standard InChI is InChI=1S/C20H18N4OS2/c1-13-11-18(25)24-20(21-13)27-17(22-24)12-23-9-7-16-15(8-10-26-16)19(23)14-5-3-2-4-6-14/h2-6,8,10-11,19H,7,9,12H2,1H3/t19-/m0/s1. The molecule has 0 saturated carbocycles. The molecule has 1 aromatic carbocycles. The fourth-order valence-corrected chi connectivity index (χ4v) is 5.64. The molecular weight excluding hydrogens is 376 g/mol. The maximum Gasteiger partial charge on any atom is 0.275 e. The molecule has 1 aliphatic heterocycles. The molecule has 5 nitrogen and oxygen atoms in total. The normalized spacial score (nSPS) is 17.3. The molecule has 0 radical (unpaired) electrons. The molecule has 1 atom stereocenters. The van der Waals surface area contributed by atoms with Crippen LogP contribution in [-0.2, 0) is 13.0 Å². The summed E-state index contributed by atoms with van der Waals surface area (Å²) < 4.78 is 1.42. The smallest absolute Gasteiger partial charge is 0.275 e. The first-order valence-electron chi connectivity index (χ1n) is 8.91. The highest BCUT2D eigenvalue weighted by molar-refractivity contribution is 7.16. The summed E-state index contributed by atoms with van der Waals surface area (Å²) in [5, 5.41) is 7.65. The van der Waals surface area contributed by atoms with E-state index in [1.165, 1.54) is 37.9 Å². The summed E-state index contributed by atoms with van der Waals surface area (Å²) in [4.78, 5) is 21.2. The Morgan fingerprint density at radius 1 is 1.22 bits per heavy atom. The lowest BCUT2D eigenvalue weighted by Gasteiger charge is -2.35. The highest BCUT2D eigenvalue weighted by Crippen LogP contribution is 2.38. The maximum absolute atomic E-state index is 12.2. The van der Waals surface area contributed by atoms with Gasteiger partial charge < -0.3 is 0 Å². The first kappa shape index (κ1) is 16.8. The molecule has 1 aliphatic rings. The van der Waals surface area contributed by atoms with Crippen LogP contribution in [0.2, 0.25) is 0 Å². The van der Waals surface area contributed by atoms with Crippen LogP contribution in [0, 0.1) is 6.92 Å². The van der Waals surface area contributed by atoms with Crippen molar-refractivity contribution >= 4 is 27.6 Å². The van der Waals surface area contributed by atoms with E-state index in [9.17, 15) is 4.79 Å². The molecule has 7 heteroatoms. The van der Waals surface area contributed by atoms with Crippen molar-refractivity contribution in [2.45, 2.75) is 25.9 Å². The monoisotopic (exact) mass is 394 g/mol. The highest BCUT2D eigenvalue weighted by atomic mass is 32.1. The quantitative estimate of drug-likeness (QED) is 0.532. The molecule has 4 heterocycles. The minimum Gasteiger partial charge on any atom is -0.285 e. The molecule has 27 heavy (non-hydrogen) atoms. The minimum atomic E-state index is -0.113. The summed E-state index contributed by atoms with van der Waals surface area (Å²) >= 11 is 3.35. The number of fused-ring (bicyclic) bond motifs is 2. The van der Waals surface area contributed by atoms with Crippen molar-refractivity contribution in [3.63, 3.8) is 0 Å². The van der Waals surface area contributed by atoms with Gasteiger partial charge in [-0.2, -0.15) is 9.61 Å². The van der Waals surface area contributed by atoms with E-state index in [2.05, 4.69) is 56.8 Å². The molecule has 3 aromatic heterocycles. The number of aryl methyl sites for hydroxylation is 1. The van der Waals surface area contributed by atoms with E-state index < -0.39 is 0 Å². The molecule has 0 N–H and O–H groups in total. The fraction of sp³-hybridized carbons (Fsp3) is 0.250. The molecular formula is C20H18N4OS2. The van der Waals surface area contributed by atoms with Crippen LogP contribution in [-0.4, -0.2) is 26.0 Å². The van der Waals surface area contributed by atoms with Gasteiger partial charge in [-0.05, 0) is 35.9 Å². The van der Waals surface area contributed by atoms with Crippen LogP contribution < -0.4 is 5.56 Å². The van der Waals surface area contributed by atoms with Gasteiger partial charge in [0, 0.05) is 23.2 Å². The van der Waals surface area contributed by atoms with E-state index in [4.69, 9.17) is 0 Å². The third-order valence-electron chi connectivity index (χ3n) is 4.93. The van der Waals surface area contributed by atoms with E-state index >= 15 is 0 Å². The van der Waals surface area contributed by atoms with Gasteiger partial charge in [-0.15, -0.1) is 11.3 Å². The van der Waals surface area contributed by atoms with Crippen molar-refractivity contribution in [3.05, 3.63) is 84.9 Å². The van der Waals surface area contributed by atoms with E-state index in [1.54, 1.807) is 0 Å². The third kappa shape index (κ3) is 3.01. The number of hydrogen-bond acceptors (Lipinski definition) is 6. The zero-order valence-electron chi connectivity index (χ0n) is 14.8. The first-order valence-corrected chi connectivity index (χ1v) is 10.6. The molecule has 4 aromatic rings. The van der Waals surface area contributed by atoms with Crippen molar-refractivity contribution in [1.82, 2.24) is 19.5 Å². The Hall–Kier alpha value is -2.35. The Balaban J connectivity index is 1.54. The summed E-state index contributed by atoms with van der Waals surface area (Å²) in [5.41, 5.74) is 3.31. The highest BCUT2D eigenvalue weighted by Gasteiger charge is 2.30. The van der Waals surface area contributed by atoms with E-state index in [-0.39, 0.29) is 11.6 Å². The zero-order chi connectivity index (χ0) is 18.4. The molecule has 5 rings (SSSR count). The molecule has 0 amide bonds. The molecule has 0 bridgehead atoms. The molecule has 0 fully saturated rings. The average molecular weight is 395 g/mol. The van der Waals surface area contributed by atoms with Crippen molar-refractivity contribution < 1.29 is 0 Å². The predicted molar refractivity (Wildman–Crippen MR) is 109 cm³/mol. The Morgan fingerprint density at radius 3 is 2.93 bits per heavy atom. The van der Waals surface area contributed by atoms with E-state index in [0.717, 1.165) is 23.7 Å². The lowest BCUT2D eigenvalue weighted by atomic mass is 9.93. The summed E-state index contributed by atoms with van der Waals surface area (Å²) in [7, 11) is 0. The molecule has 0 spiro atoms. The van der Waals surface area contributed by atoms with Crippen LogP contribution in [0.1, 0.15) is 32.7 Å². The second-order valence-corrected chi connectivity index (χ2v) is 8.80. The zero-order valence-corrected chi connectivity index (χ0v) is 16.5. The maximum atomic E-state index is 12.2. The number of benzene rings is 1. The summed E-state index contributed by atoms with van der Waals surface area (Å²) in [6, 6.07) is 14.6. The van der Waals surface area contributed by atoms with Gasteiger partial charge in [0.25, 0.3) is 5.56 Å². The van der Waals surface area contributed by atoms with E-state index in [1.807, 2.05) is 18.3 Å². The van der Waals surface area contributed by atoms with Crippen LogP contribution in [0.25, 0.3) is 4.96 Å². The summed E-state index contributed by atoms with van der Waals surface area (Å²) in [5.74, 6) is 0. The van der Waals surface area contributed by atoms with Crippen LogP contribution in [0.5, 0.6) is 0 Å². The van der Waals surface area contributed by atoms with Crippen molar-refractivity contribution in [2.75, 3.05) is 6.54 Å². The van der Waals surface area contributed by atoms with Gasteiger partial charge in [-0.1, -0.05) is 41.7 Å². The second-order valence-electron chi connectivity index (χ2n) is 6.76. The largest absolute Gasteiger partial charge is 0.285 e. The molecule has 0 saturated heterocycles. The van der Waals surface area contributed by atoms with Gasteiger partial charge in [0.05, 0.1) is 12.6 Å². The van der Waals surface area contributed by atoms with Crippen molar-refractivity contribution in [3.8, 4) is 0 Å². The van der Waals surface area contributed by atoms with Crippen LogP contribution in [0.15, 0.2) is 52.6 Å². The number of thiophene rings is 1. The Bertz CT molecular complexity index is 1160. The van der Waals surface area contributed by atoms with Gasteiger partial charge in [0.2, 0.25) is 4.96 Å². The van der Waals surface area contributed by atoms with Crippen LogP contribution in [0.4, 0.5) is 0 Å². The topological polar surface area (TPSA) is 50.5 Å². The summed E-state index contributed by atoms with van der Waals surface area (Å²) in [6.45, 7) is 3.53. The fourth-order valence-electron chi connectivity index (χ4n) is 3.76. The van der Waals surface area contributed by atoms with Crippen molar-refractivity contribution in [2.24, 2.45) is 0 Å². The third-order valence-corrected chi connectivity index (χ3v) is 6.82. The van der Waals surface area contributed by atoms with Crippen molar-refractivity contribution in [1.29, 1.82) is 0 Å². The van der Waals surface area contributed by atoms with Gasteiger partial charge in [-0.3, -0.25) is 9.69 Å². The number of hydrogen-bond donors (Lipinski definition) is 0. The number of nitrogens with zero attached hydrogens (tertiary/aromatic N) is 4. The lowest BCUT2D eigenvalue weighted by Crippen LogP contribution is -2.35. The minimum absolute atomic E-state index is 0.113. The Labute approximate surface area is 164 Å². The number of rotatable bonds is 3. The van der Waals surface area contributed by atoms with E-state index in [0.29, 0.717) is 11.5 Å². The van der Waals surface area contributed by atoms with Crippen LogP contribution in [0.3, 0.4) is 0 Å². The van der Waals surface area contributed by atoms with Gasteiger partial charge in [0.15, 0.2) is 0 Å². The number of aromatic nitrogens is 3. The predicted octanol–water partition coefficient (Wildman–Crippen LogP) is 3.67. The summed E-state index contributed by atoms with van der Waals surface area (Å²) in [6.07, 6.45) is 1.05. The van der Waals surface area contributed by atoms with Gasteiger partial charge >= 0.3 is 0 Å². The van der Waals surface area contributed by atoms with Gasteiger partial charge in [0.1, 0.15) is 5.01 Å². The Morgan fingerprint density at radius 2 is 2.07 bits per heavy atom. The van der Waals surface area contributed by atoms with Crippen LogP contribution >= 0.6 is 22.7 Å². The average Bonchev–Trinajstić information content (AvgIpc) is 3.29. The molecule has 0 unspecified atom stereocenters. The SMILES string of the molecule is Cc1cc(=O)n2nc(CN3CCc4sccc4[C@@H]3c3ccccc3)sc2n1. The molecule has 0 aliphatic carbocycles. The molecule has 136 valence electrons. The first-order chi connectivity index (χ1) is 13.2. The lowest BCUT2D eigenvalue weighted by molar-refractivity contribution is 0.205. The second kappa shape index (κ2) is 6.67.